The van der Waals surface area contributed by atoms with E-state index >= 15 is 0 Å². The Kier molecular flexibility index (Phi) is 3.76. The van der Waals surface area contributed by atoms with Crippen molar-refractivity contribution in [1.29, 1.82) is 0 Å². The van der Waals surface area contributed by atoms with Gasteiger partial charge in [-0.3, -0.25) is 0 Å². The Bertz CT molecular complexity index is 203. The summed E-state index contributed by atoms with van der Waals surface area (Å²) in [6.07, 6.45) is 5.13. The summed E-state index contributed by atoms with van der Waals surface area (Å²) in [5.41, 5.74) is 0. The predicted molar refractivity (Wildman–Crippen MR) is 48.0 cm³/mol. The van der Waals surface area contributed by atoms with Crippen molar-refractivity contribution in [3.63, 3.8) is 0 Å². The molecular formula is C9H15NO3. The van der Waals surface area contributed by atoms with Crippen LogP contribution in [0.15, 0.2) is 12.3 Å². The monoisotopic (exact) mass is 185 g/mol. The zero-order valence-electron chi connectivity index (χ0n) is 7.77. The van der Waals surface area contributed by atoms with E-state index in [0.717, 1.165) is 19.4 Å². The third-order valence-corrected chi connectivity index (χ3v) is 2.24. The Hall–Kier alpha value is -1.03. The van der Waals surface area contributed by atoms with E-state index in [2.05, 4.69) is 4.74 Å². The van der Waals surface area contributed by atoms with Crippen molar-refractivity contribution in [2.24, 2.45) is 0 Å². The highest BCUT2D eigenvalue weighted by molar-refractivity contribution is 5.81. The highest BCUT2D eigenvalue weighted by atomic mass is 16.5. The van der Waals surface area contributed by atoms with Crippen LogP contribution < -0.4 is 0 Å². The third kappa shape index (κ3) is 2.73. The first-order valence-electron chi connectivity index (χ1n) is 4.40. The van der Waals surface area contributed by atoms with E-state index in [1.807, 2.05) is 4.90 Å². The minimum Gasteiger partial charge on any atom is -0.466 e. The van der Waals surface area contributed by atoms with Crippen LogP contribution in [0.1, 0.15) is 12.8 Å². The predicted octanol–water partition coefficient (Wildman–Crippen LogP) is 0.130. The number of methoxy groups -OCH3 is 1. The van der Waals surface area contributed by atoms with Gasteiger partial charge >= 0.3 is 5.97 Å². The van der Waals surface area contributed by atoms with Crippen molar-refractivity contribution < 1.29 is 14.6 Å². The lowest BCUT2D eigenvalue weighted by molar-refractivity contribution is -0.134. The average Bonchev–Trinajstić information content (AvgIpc) is 2.61. The summed E-state index contributed by atoms with van der Waals surface area (Å²) in [7, 11) is 1.35. The van der Waals surface area contributed by atoms with E-state index in [1.54, 1.807) is 6.20 Å². The molecule has 4 nitrogen and oxygen atoms in total. The highest BCUT2D eigenvalue weighted by Crippen LogP contribution is 2.16. The van der Waals surface area contributed by atoms with E-state index in [0.29, 0.717) is 0 Å². The second kappa shape index (κ2) is 4.87. The molecule has 0 radical (unpaired) electrons. The van der Waals surface area contributed by atoms with Crippen molar-refractivity contribution in [3.8, 4) is 0 Å². The Morgan fingerprint density at radius 2 is 2.54 bits per heavy atom. The summed E-state index contributed by atoms with van der Waals surface area (Å²) in [6.45, 7) is 1.05. The lowest BCUT2D eigenvalue weighted by atomic mass is 10.2. The van der Waals surface area contributed by atoms with E-state index in [1.165, 1.54) is 13.2 Å². The van der Waals surface area contributed by atoms with E-state index < -0.39 is 0 Å². The fraction of sp³-hybridized carbons (Fsp3) is 0.667. The van der Waals surface area contributed by atoms with Crippen molar-refractivity contribution in [2.75, 3.05) is 20.3 Å². The molecule has 1 saturated heterocycles. The molecule has 0 aromatic heterocycles. The molecule has 0 spiro atoms. The summed E-state index contributed by atoms with van der Waals surface area (Å²) in [5, 5.41) is 8.97. The average molecular weight is 185 g/mol. The molecule has 0 aromatic carbocycles. The van der Waals surface area contributed by atoms with Gasteiger partial charge in [-0.05, 0) is 12.8 Å². The normalized spacial score (nSPS) is 22.6. The summed E-state index contributed by atoms with van der Waals surface area (Å²) in [5.74, 6) is -0.358. The molecule has 1 N–H and O–H groups in total. The van der Waals surface area contributed by atoms with Gasteiger partial charge in [0.05, 0.1) is 19.8 Å². The zero-order valence-corrected chi connectivity index (χ0v) is 7.77. The maximum absolute atomic E-state index is 10.8. The minimum atomic E-state index is -0.358. The van der Waals surface area contributed by atoms with Crippen LogP contribution in [0.4, 0.5) is 0 Å². The van der Waals surface area contributed by atoms with Gasteiger partial charge in [-0.15, -0.1) is 0 Å². The van der Waals surface area contributed by atoms with Gasteiger partial charge in [-0.1, -0.05) is 0 Å². The van der Waals surface area contributed by atoms with Crippen molar-refractivity contribution in [3.05, 3.63) is 12.3 Å². The molecule has 0 saturated carbocycles. The Labute approximate surface area is 77.8 Å². The first-order chi connectivity index (χ1) is 6.27. The van der Waals surface area contributed by atoms with Gasteiger partial charge in [0.15, 0.2) is 0 Å². The number of ether oxygens (including phenoxy) is 1. The van der Waals surface area contributed by atoms with Crippen LogP contribution in [-0.2, 0) is 9.53 Å². The molecule has 1 rings (SSSR count). The minimum absolute atomic E-state index is 0.144. The lowest BCUT2D eigenvalue weighted by Gasteiger charge is -2.19. The van der Waals surface area contributed by atoms with Gasteiger partial charge in [-0.25, -0.2) is 4.79 Å². The molecule has 1 atom stereocenters. The van der Waals surface area contributed by atoms with Gasteiger partial charge < -0.3 is 14.7 Å². The fourth-order valence-electron chi connectivity index (χ4n) is 1.47. The maximum Gasteiger partial charge on any atom is 0.331 e. The highest BCUT2D eigenvalue weighted by Gasteiger charge is 2.20. The molecule has 13 heavy (non-hydrogen) atoms. The van der Waals surface area contributed by atoms with E-state index in [9.17, 15) is 4.79 Å². The molecule has 1 unspecified atom stereocenters. The molecule has 4 heteroatoms. The number of rotatable bonds is 3. The van der Waals surface area contributed by atoms with E-state index in [-0.39, 0.29) is 18.6 Å². The third-order valence-electron chi connectivity index (χ3n) is 2.24. The number of aliphatic hydroxyl groups excluding tert-OH is 1. The number of hydrogen-bond donors (Lipinski definition) is 1. The van der Waals surface area contributed by atoms with Gasteiger partial charge in [-0.2, -0.15) is 0 Å². The number of carbonyl (C=O) groups excluding carboxylic acids is 1. The molecule has 0 bridgehead atoms. The van der Waals surface area contributed by atoms with Crippen molar-refractivity contribution >= 4 is 5.97 Å². The topological polar surface area (TPSA) is 49.8 Å². The van der Waals surface area contributed by atoms with Crippen LogP contribution in [0.5, 0.6) is 0 Å². The summed E-state index contributed by atoms with van der Waals surface area (Å²) >= 11 is 0. The van der Waals surface area contributed by atoms with Gasteiger partial charge in [0.25, 0.3) is 0 Å². The number of aliphatic hydroxyl groups is 1. The molecular weight excluding hydrogens is 170 g/mol. The second-order valence-electron chi connectivity index (χ2n) is 3.06. The van der Waals surface area contributed by atoms with Gasteiger partial charge in [0, 0.05) is 18.8 Å². The number of nitrogens with zero attached hydrogens (tertiary/aromatic N) is 1. The molecule has 1 aliphatic heterocycles. The van der Waals surface area contributed by atoms with Crippen LogP contribution in [0, 0.1) is 0 Å². The largest absolute Gasteiger partial charge is 0.466 e. The molecule has 0 amide bonds. The summed E-state index contributed by atoms with van der Waals surface area (Å²) in [6, 6.07) is 0.168. The van der Waals surface area contributed by atoms with Gasteiger partial charge in [0.2, 0.25) is 0 Å². The lowest BCUT2D eigenvalue weighted by Crippen LogP contribution is -2.27. The number of esters is 1. The number of hydrogen-bond acceptors (Lipinski definition) is 4. The standard InChI is InChI=1S/C9H15NO3/c1-13-9(12)4-6-10-5-2-3-8(10)7-11/h4,6,8,11H,2-3,5,7H2,1H3/b6-4+. The molecule has 1 fully saturated rings. The SMILES string of the molecule is COC(=O)/C=C/N1CCCC1CO. The Morgan fingerprint density at radius 3 is 3.15 bits per heavy atom. The maximum atomic E-state index is 10.8. The van der Waals surface area contributed by atoms with Crippen LogP contribution in [0.25, 0.3) is 0 Å². The van der Waals surface area contributed by atoms with Crippen LogP contribution in [-0.4, -0.2) is 42.3 Å². The molecule has 1 aliphatic rings. The first-order valence-corrected chi connectivity index (χ1v) is 4.40. The number of carbonyl (C=O) groups is 1. The first kappa shape index (κ1) is 10.1. The number of likely N-dealkylation sites (tertiary alicyclic amines) is 1. The van der Waals surface area contributed by atoms with E-state index in [4.69, 9.17) is 5.11 Å². The van der Waals surface area contributed by atoms with Crippen LogP contribution in [0.3, 0.4) is 0 Å². The Balaban J connectivity index is 2.43. The quantitative estimate of drug-likeness (QED) is 0.501. The molecule has 0 aromatic rings. The second-order valence-corrected chi connectivity index (χ2v) is 3.06. The molecule has 74 valence electrons. The van der Waals surface area contributed by atoms with Crippen LogP contribution in [0.2, 0.25) is 0 Å². The van der Waals surface area contributed by atoms with Crippen molar-refractivity contribution in [1.82, 2.24) is 4.90 Å². The van der Waals surface area contributed by atoms with Gasteiger partial charge in [0.1, 0.15) is 0 Å². The summed E-state index contributed by atoms with van der Waals surface area (Å²) in [4.78, 5) is 12.7. The smallest absolute Gasteiger partial charge is 0.331 e. The fourth-order valence-corrected chi connectivity index (χ4v) is 1.47. The molecule has 1 heterocycles. The van der Waals surface area contributed by atoms with Crippen LogP contribution >= 0.6 is 0 Å². The van der Waals surface area contributed by atoms with Crippen molar-refractivity contribution in [2.45, 2.75) is 18.9 Å². The zero-order chi connectivity index (χ0) is 9.68. The Morgan fingerprint density at radius 1 is 1.77 bits per heavy atom. The molecule has 0 aliphatic carbocycles. The summed E-state index contributed by atoms with van der Waals surface area (Å²) < 4.78 is 4.46.